The van der Waals surface area contributed by atoms with Gasteiger partial charge in [0.1, 0.15) is 0 Å². The third-order valence-corrected chi connectivity index (χ3v) is 12.7. The van der Waals surface area contributed by atoms with Gasteiger partial charge in [0.15, 0.2) is 0 Å². The summed E-state index contributed by atoms with van der Waals surface area (Å²) in [6.07, 6.45) is 53.5. The van der Waals surface area contributed by atoms with E-state index in [9.17, 15) is 15.3 Å². The Hall–Kier alpha value is -2.41. The molecule has 3 aromatic rings. The maximum Gasteiger partial charge on any atom is 3.00 e. The molecular weight excluding hydrogens is 796 g/mol. The van der Waals surface area contributed by atoms with Gasteiger partial charge in [-0.25, -0.2) is 0 Å². The van der Waals surface area contributed by atoms with Gasteiger partial charge in [0.05, 0.1) is 0 Å². The smallest absolute Gasteiger partial charge is 0.872 e. The van der Waals surface area contributed by atoms with Crippen molar-refractivity contribution in [3.63, 3.8) is 0 Å². The first-order valence-electron chi connectivity index (χ1n) is 27.3. The normalized spacial score (nSPS) is 10.7. The van der Waals surface area contributed by atoms with Crippen molar-refractivity contribution in [2.24, 2.45) is 0 Å². The molecule has 0 heterocycles. The van der Waals surface area contributed by atoms with Crippen LogP contribution in [0.15, 0.2) is 72.8 Å². The molecule has 0 atom stereocenters. The fraction of sp³-hybridized carbons (Fsp3) is 0.700. The summed E-state index contributed by atoms with van der Waals surface area (Å²) >= 11 is 0. The van der Waals surface area contributed by atoms with Crippen LogP contribution in [0.2, 0.25) is 0 Å². The molecule has 0 saturated heterocycles. The molecule has 64 heavy (non-hydrogen) atoms. The van der Waals surface area contributed by atoms with Crippen molar-refractivity contribution >= 4 is 17.4 Å². The average Bonchev–Trinajstić information content (AvgIpc) is 3.30. The molecule has 0 saturated carbocycles. The first kappa shape index (κ1) is 61.6. The maximum atomic E-state index is 11.0. The van der Waals surface area contributed by atoms with Gasteiger partial charge in [-0.2, -0.15) is 0 Å². The zero-order valence-corrected chi connectivity index (χ0v) is 43.5. The molecule has 0 radical (unpaired) electrons. The van der Waals surface area contributed by atoms with Gasteiger partial charge in [-0.3, -0.25) is 0 Å². The minimum atomic E-state index is 0. The fourth-order valence-electron chi connectivity index (χ4n) is 8.48. The molecule has 0 unspecified atom stereocenters. The van der Waals surface area contributed by atoms with Crippen LogP contribution in [0.3, 0.4) is 0 Å². The Balaban J connectivity index is 0.000000923. The Labute approximate surface area is 408 Å². The number of hydrogen-bond acceptors (Lipinski definition) is 3. The van der Waals surface area contributed by atoms with Gasteiger partial charge in [0, 0.05) is 0 Å². The maximum absolute atomic E-state index is 11.0. The van der Waals surface area contributed by atoms with Gasteiger partial charge in [-0.15, -0.1) is 17.2 Å². The fourth-order valence-corrected chi connectivity index (χ4v) is 8.48. The van der Waals surface area contributed by atoms with Crippen LogP contribution in [0.5, 0.6) is 17.2 Å². The van der Waals surface area contributed by atoms with Gasteiger partial charge >= 0.3 is 17.4 Å². The van der Waals surface area contributed by atoms with Crippen molar-refractivity contribution in [2.75, 3.05) is 0 Å². The zero-order valence-electron chi connectivity index (χ0n) is 42.3. The van der Waals surface area contributed by atoms with Crippen molar-refractivity contribution in [3.8, 4) is 17.2 Å². The third-order valence-electron chi connectivity index (χ3n) is 12.7. The van der Waals surface area contributed by atoms with E-state index in [-0.39, 0.29) is 34.6 Å². The molecule has 0 fully saturated rings. The summed E-state index contributed by atoms with van der Waals surface area (Å²) in [5, 5.41) is 33.0. The quantitative estimate of drug-likeness (QED) is 0.0423. The van der Waals surface area contributed by atoms with Crippen LogP contribution >= 0.6 is 0 Å². The van der Waals surface area contributed by atoms with Crippen LogP contribution in [-0.4, -0.2) is 17.4 Å². The molecular formula is C60H99AlO3. The van der Waals surface area contributed by atoms with E-state index in [2.05, 4.69) is 20.8 Å². The molecule has 0 N–H and O–H groups in total. The van der Waals surface area contributed by atoms with Crippen LogP contribution in [0.25, 0.3) is 0 Å². The molecule has 3 nitrogen and oxygen atoms in total. The Morgan fingerprint density at radius 3 is 0.516 bits per heavy atom. The molecule has 0 spiro atoms. The largest absolute Gasteiger partial charge is 3.00 e. The number of aryl methyl sites for hydroxylation is 3. The second kappa shape index (κ2) is 48.5. The van der Waals surface area contributed by atoms with Gasteiger partial charge in [0.2, 0.25) is 0 Å². The Morgan fingerprint density at radius 2 is 0.359 bits per heavy atom. The van der Waals surface area contributed by atoms with Crippen molar-refractivity contribution < 1.29 is 15.3 Å². The van der Waals surface area contributed by atoms with Crippen LogP contribution in [0.4, 0.5) is 0 Å². The predicted molar refractivity (Wildman–Crippen MR) is 278 cm³/mol. The van der Waals surface area contributed by atoms with Crippen molar-refractivity contribution in [3.05, 3.63) is 89.5 Å². The Bertz CT molecular complexity index is 1160. The first-order chi connectivity index (χ1) is 31.0. The zero-order chi connectivity index (χ0) is 45.5. The van der Waals surface area contributed by atoms with E-state index >= 15 is 0 Å². The van der Waals surface area contributed by atoms with Gasteiger partial charge in [-0.05, 0) is 55.2 Å². The monoisotopic (exact) mass is 895 g/mol. The number of hydrogen-bond donors (Lipinski definition) is 0. The number of rotatable bonds is 39. The summed E-state index contributed by atoms with van der Waals surface area (Å²) in [4.78, 5) is 0. The minimum Gasteiger partial charge on any atom is -0.872 e. The number of benzene rings is 3. The van der Waals surface area contributed by atoms with E-state index in [1.54, 1.807) is 36.4 Å². The van der Waals surface area contributed by atoms with E-state index < -0.39 is 0 Å². The second-order valence-electron chi connectivity index (χ2n) is 18.8. The molecule has 360 valence electrons. The van der Waals surface area contributed by atoms with Gasteiger partial charge in [0.25, 0.3) is 0 Å². The minimum absolute atomic E-state index is 0. The van der Waals surface area contributed by atoms with Crippen LogP contribution in [0.1, 0.15) is 269 Å². The summed E-state index contributed by atoms with van der Waals surface area (Å²) in [7, 11) is 0. The van der Waals surface area contributed by atoms with Crippen molar-refractivity contribution in [1.82, 2.24) is 0 Å². The topological polar surface area (TPSA) is 69.2 Å². The average molecular weight is 895 g/mol. The Kier molecular flexibility index (Phi) is 46.7. The summed E-state index contributed by atoms with van der Waals surface area (Å²) in [6.45, 7) is 6.83. The molecule has 0 bridgehead atoms. The van der Waals surface area contributed by atoms with Gasteiger partial charge in [-0.1, -0.05) is 305 Å². The molecule has 4 heteroatoms. The predicted octanol–water partition coefficient (Wildman–Crippen LogP) is 17.6. The molecule has 0 amide bonds. The summed E-state index contributed by atoms with van der Waals surface area (Å²) in [5.74, 6) is 0.357. The number of unbranched alkanes of at least 4 members (excludes halogenated alkanes) is 33. The first-order valence-corrected chi connectivity index (χ1v) is 27.3. The van der Waals surface area contributed by atoms with E-state index in [0.29, 0.717) is 0 Å². The van der Waals surface area contributed by atoms with Crippen molar-refractivity contribution in [1.29, 1.82) is 0 Å². The molecule has 3 rings (SSSR count). The third kappa shape index (κ3) is 42.2. The summed E-state index contributed by atoms with van der Waals surface area (Å²) in [6, 6.07) is 21.9. The SMILES string of the molecule is CCCCCCCCCCCCCCc1ccc([O-])cc1.CCCCCCCCCCCCCCc1ccc([O-])cc1.CCCCCCCCCCCCCCc1ccc([O-])cc1.[Al+3]. The second-order valence-corrected chi connectivity index (χ2v) is 18.8. The van der Waals surface area contributed by atoms with E-state index in [4.69, 9.17) is 0 Å². The molecule has 3 aromatic carbocycles. The molecule has 0 aliphatic rings. The Morgan fingerprint density at radius 1 is 0.219 bits per heavy atom. The molecule has 0 aliphatic heterocycles. The molecule has 0 aliphatic carbocycles. The van der Waals surface area contributed by atoms with Crippen LogP contribution < -0.4 is 15.3 Å². The van der Waals surface area contributed by atoms with E-state index in [0.717, 1.165) is 19.3 Å². The summed E-state index contributed by atoms with van der Waals surface area (Å²) in [5.41, 5.74) is 3.92. The van der Waals surface area contributed by atoms with E-state index in [1.165, 1.54) is 248 Å². The van der Waals surface area contributed by atoms with Crippen LogP contribution in [0, 0.1) is 0 Å². The van der Waals surface area contributed by atoms with Gasteiger partial charge < -0.3 is 15.3 Å². The van der Waals surface area contributed by atoms with Crippen molar-refractivity contribution in [2.45, 2.75) is 271 Å². The van der Waals surface area contributed by atoms with Crippen LogP contribution in [-0.2, 0) is 19.3 Å². The summed E-state index contributed by atoms with van der Waals surface area (Å²) < 4.78 is 0. The molecule has 0 aromatic heterocycles. The standard InChI is InChI=1S/3C20H34O.Al/c3*1-2-3-4-5-6-7-8-9-10-11-12-13-14-19-15-17-20(21)18-16-19;/h3*15-18,21H,2-14H2,1H3;/q;;;+3/p-3. The van der Waals surface area contributed by atoms with E-state index in [1.807, 2.05) is 36.4 Å².